The summed E-state index contributed by atoms with van der Waals surface area (Å²) in [5.74, 6) is 0.316. The number of hydrogen-bond acceptors (Lipinski definition) is 5. The molecule has 0 bridgehead atoms. The summed E-state index contributed by atoms with van der Waals surface area (Å²) in [6.07, 6.45) is 6.85. The zero-order valence-electron chi connectivity index (χ0n) is 16.2. The van der Waals surface area contributed by atoms with E-state index in [0.29, 0.717) is 25.3 Å². The topological polar surface area (TPSA) is 110 Å². The van der Waals surface area contributed by atoms with E-state index in [-0.39, 0.29) is 40.5 Å². The number of carbonyl (C=O) groups is 1. The molecule has 2 fully saturated rings. The number of nitrogens with zero attached hydrogens (tertiary/aromatic N) is 2. The van der Waals surface area contributed by atoms with E-state index in [1.807, 2.05) is 0 Å². The van der Waals surface area contributed by atoms with Gasteiger partial charge in [-0.2, -0.15) is 4.31 Å². The van der Waals surface area contributed by atoms with Gasteiger partial charge in [0.15, 0.2) is 0 Å². The van der Waals surface area contributed by atoms with Crippen LogP contribution < -0.4 is 5.32 Å². The van der Waals surface area contributed by atoms with Crippen molar-refractivity contribution in [1.82, 2.24) is 9.62 Å². The quantitative estimate of drug-likeness (QED) is 0.535. The van der Waals surface area contributed by atoms with Crippen molar-refractivity contribution >= 4 is 33.2 Å². The van der Waals surface area contributed by atoms with Gasteiger partial charge in [0, 0.05) is 37.7 Å². The molecule has 1 saturated heterocycles. The molecule has 1 heterocycles. The van der Waals surface area contributed by atoms with Gasteiger partial charge in [0.2, 0.25) is 15.9 Å². The molecule has 0 atom stereocenters. The maximum absolute atomic E-state index is 12.9. The molecule has 3 rings (SSSR count). The highest BCUT2D eigenvalue weighted by molar-refractivity contribution is 7.89. The van der Waals surface area contributed by atoms with Gasteiger partial charge >= 0.3 is 0 Å². The van der Waals surface area contributed by atoms with Gasteiger partial charge < -0.3 is 5.32 Å². The van der Waals surface area contributed by atoms with Gasteiger partial charge in [-0.15, -0.1) is 0 Å². The van der Waals surface area contributed by atoms with Crippen LogP contribution in [0.3, 0.4) is 0 Å². The molecule has 8 nitrogen and oxygen atoms in total. The number of piperidine rings is 1. The van der Waals surface area contributed by atoms with Crippen molar-refractivity contribution in [3.05, 3.63) is 33.3 Å². The first kappa shape index (κ1) is 22.0. The number of hydrogen-bond donors (Lipinski definition) is 1. The van der Waals surface area contributed by atoms with E-state index in [0.717, 1.165) is 18.9 Å². The number of nitrogens with one attached hydrogen (secondary N) is 1. The fourth-order valence-electron chi connectivity index (χ4n) is 4.08. The summed E-state index contributed by atoms with van der Waals surface area (Å²) in [6.45, 7) is 1.06. The first-order chi connectivity index (χ1) is 13.8. The molecule has 1 saturated carbocycles. The maximum Gasteiger partial charge on any atom is 0.270 e. The molecule has 1 aromatic carbocycles. The van der Waals surface area contributed by atoms with Crippen molar-refractivity contribution < 1.29 is 18.1 Å². The van der Waals surface area contributed by atoms with Crippen molar-refractivity contribution in [1.29, 1.82) is 0 Å². The number of nitro groups is 1. The van der Waals surface area contributed by atoms with Gasteiger partial charge in [0.25, 0.3) is 5.69 Å². The van der Waals surface area contributed by atoms with E-state index in [1.54, 1.807) is 0 Å². The van der Waals surface area contributed by atoms with Crippen LogP contribution in [0.2, 0.25) is 5.02 Å². The Morgan fingerprint density at radius 2 is 1.83 bits per heavy atom. The zero-order chi connectivity index (χ0) is 21.0. The number of rotatable bonds is 6. The first-order valence-corrected chi connectivity index (χ1v) is 11.8. The van der Waals surface area contributed by atoms with Crippen LogP contribution >= 0.6 is 11.6 Å². The lowest BCUT2D eigenvalue weighted by molar-refractivity contribution is -0.385. The highest BCUT2D eigenvalue weighted by Gasteiger charge is 2.34. The Morgan fingerprint density at radius 1 is 1.17 bits per heavy atom. The molecule has 10 heteroatoms. The fraction of sp³-hybridized carbons (Fsp3) is 0.632. The molecular weight excluding hydrogens is 418 g/mol. The number of halogens is 1. The second kappa shape index (κ2) is 9.40. The summed E-state index contributed by atoms with van der Waals surface area (Å²) >= 11 is 6.01. The highest BCUT2D eigenvalue weighted by Crippen LogP contribution is 2.31. The molecule has 1 aliphatic heterocycles. The average molecular weight is 444 g/mol. The van der Waals surface area contributed by atoms with Crippen molar-refractivity contribution in [3.8, 4) is 0 Å². The summed E-state index contributed by atoms with van der Waals surface area (Å²) in [6, 6.07) is 3.38. The molecule has 160 valence electrons. The van der Waals surface area contributed by atoms with Gasteiger partial charge in [-0.1, -0.05) is 30.9 Å². The molecule has 0 spiro atoms. The highest BCUT2D eigenvalue weighted by atomic mass is 35.5. The lowest BCUT2D eigenvalue weighted by Gasteiger charge is -2.31. The van der Waals surface area contributed by atoms with E-state index in [1.165, 1.54) is 35.7 Å². The Kier molecular flexibility index (Phi) is 7.13. The minimum atomic E-state index is -3.96. The third kappa shape index (κ3) is 5.26. The molecule has 2 aliphatic rings. The van der Waals surface area contributed by atoms with Crippen LogP contribution in [0.1, 0.15) is 44.9 Å². The predicted molar refractivity (Wildman–Crippen MR) is 109 cm³/mol. The zero-order valence-corrected chi connectivity index (χ0v) is 17.8. The normalized spacial score (nSPS) is 19.8. The Hall–Kier alpha value is -1.71. The van der Waals surface area contributed by atoms with Crippen molar-refractivity contribution in [2.75, 3.05) is 19.6 Å². The van der Waals surface area contributed by atoms with Crippen LogP contribution in [-0.2, 0) is 14.8 Å². The van der Waals surface area contributed by atoms with Crippen molar-refractivity contribution in [2.45, 2.75) is 49.8 Å². The number of amides is 1. The summed E-state index contributed by atoms with van der Waals surface area (Å²) in [7, 11) is -3.96. The third-order valence-corrected chi connectivity index (χ3v) is 8.24. The van der Waals surface area contributed by atoms with E-state index in [9.17, 15) is 23.3 Å². The number of carbonyl (C=O) groups excluding carboxylic acids is 1. The second-order valence-corrected chi connectivity index (χ2v) is 10.1. The van der Waals surface area contributed by atoms with Gasteiger partial charge in [0.1, 0.15) is 4.90 Å². The second-order valence-electron chi connectivity index (χ2n) is 7.80. The van der Waals surface area contributed by atoms with Gasteiger partial charge in [-0.25, -0.2) is 8.42 Å². The van der Waals surface area contributed by atoms with Gasteiger partial charge in [0.05, 0.1) is 9.95 Å². The Labute approximate surface area is 175 Å². The van der Waals surface area contributed by atoms with Crippen molar-refractivity contribution in [3.63, 3.8) is 0 Å². The monoisotopic (exact) mass is 443 g/mol. The molecular formula is C19H26ClN3O5S. The molecule has 1 aliphatic carbocycles. The number of benzene rings is 1. The molecule has 0 aromatic heterocycles. The average Bonchev–Trinajstić information content (AvgIpc) is 2.73. The van der Waals surface area contributed by atoms with E-state index < -0.39 is 14.9 Å². The molecule has 1 N–H and O–H groups in total. The van der Waals surface area contributed by atoms with Gasteiger partial charge in [-0.05, 0) is 37.7 Å². The van der Waals surface area contributed by atoms with Crippen LogP contribution in [0.25, 0.3) is 0 Å². The summed E-state index contributed by atoms with van der Waals surface area (Å²) < 4.78 is 27.1. The number of nitro benzene ring substituents is 1. The first-order valence-electron chi connectivity index (χ1n) is 10.0. The summed E-state index contributed by atoms with van der Waals surface area (Å²) in [5.41, 5.74) is -0.329. The maximum atomic E-state index is 12.9. The minimum Gasteiger partial charge on any atom is -0.356 e. The molecule has 0 radical (unpaired) electrons. The van der Waals surface area contributed by atoms with Crippen LogP contribution in [0, 0.1) is 22.0 Å². The summed E-state index contributed by atoms with van der Waals surface area (Å²) in [4.78, 5) is 22.5. The van der Waals surface area contributed by atoms with Crippen LogP contribution in [-0.4, -0.2) is 43.2 Å². The van der Waals surface area contributed by atoms with E-state index in [4.69, 9.17) is 11.6 Å². The van der Waals surface area contributed by atoms with Crippen LogP contribution in [0.4, 0.5) is 5.69 Å². The predicted octanol–water partition coefficient (Wildman–Crippen LogP) is 3.35. The van der Waals surface area contributed by atoms with Crippen LogP contribution in [0.15, 0.2) is 23.1 Å². The Bertz CT molecular complexity index is 863. The number of non-ortho nitro benzene ring substituents is 1. The SMILES string of the molecule is O=C(NCC1CCCCC1)C1CCN(S(=O)(=O)c2cc([N+](=O)[O-])ccc2Cl)CC1. The third-order valence-electron chi connectivity index (χ3n) is 5.86. The van der Waals surface area contributed by atoms with Crippen molar-refractivity contribution in [2.24, 2.45) is 11.8 Å². The lowest BCUT2D eigenvalue weighted by Crippen LogP contribution is -2.43. The van der Waals surface area contributed by atoms with Crippen LogP contribution in [0.5, 0.6) is 0 Å². The van der Waals surface area contributed by atoms with E-state index >= 15 is 0 Å². The minimum absolute atomic E-state index is 0.0130. The fourth-order valence-corrected chi connectivity index (χ4v) is 6.05. The Morgan fingerprint density at radius 3 is 2.45 bits per heavy atom. The molecule has 29 heavy (non-hydrogen) atoms. The standard InChI is InChI=1S/C19H26ClN3O5S/c20-17-7-6-16(23(25)26)12-18(17)29(27,28)22-10-8-15(9-11-22)19(24)21-13-14-4-2-1-3-5-14/h6-7,12,14-15H,1-5,8-11,13H2,(H,21,24). The molecule has 0 unspecified atom stereocenters. The number of sulfonamides is 1. The lowest BCUT2D eigenvalue weighted by atomic mass is 9.89. The van der Waals surface area contributed by atoms with E-state index in [2.05, 4.69) is 5.32 Å². The van der Waals surface area contributed by atoms with Gasteiger partial charge in [-0.3, -0.25) is 14.9 Å². The smallest absolute Gasteiger partial charge is 0.270 e. The Balaban J connectivity index is 1.59. The summed E-state index contributed by atoms with van der Waals surface area (Å²) in [5, 5.41) is 14.0. The molecule has 1 amide bonds. The molecule has 1 aromatic rings. The largest absolute Gasteiger partial charge is 0.356 e.